The van der Waals surface area contributed by atoms with E-state index in [0.29, 0.717) is 11.6 Å². The summed E-state index contributed by atoms with van der Waals surface area (Å²) in [5.41, 5.74) is 5.25. The van der Waals surface area contributed by atoms with Crippen LogP contribution in [0.25, 0.3) is 28.4 Å². The summed E-state index contributed by atoms with van der Waals surface area (Å²) in [5, 5.41) is 4.57. The van der Waals surface area contributed by atoms with Crippen LogP contribution in [0, 0.1) is 13.8 Å². The molecule has 112 valence electrons. The van der Waals surface area contributed by atoms with E-state index in [1.165, 1.54) is 5.56 Å². The van der Waals surface area contributed by atoms with Crippen molar-refractivity contribution in [2.24, 2.45) is 0 Å². The van der Waals surface area contributed by atoms with Gasteiger partial charge >= 0.3 is 0 Å². The maximum atomic E-state index is 4.67. The Labute approximate surface area is 134 Å². The second-order valence-electron chi connectivity index (χ2n) is 5.66. The molecule has 0 aliphatic heterocycles. The second-order valence-corrected chi connectivity index (χ2v) is 5.66. The highest BCUT2D eigenvalue weighted by Crippen LogP contribution is 2.21. The molecule has 0 aliphatic rings. The van der Waals surface area contributed by atoms with E-state index in [9.17, 15) is 0 Å². The van der Waals surface area contributed by atoms with E-state index in [1.807, 2.05) is 43.3 Å². The molecule has 4 heteroatoms. The molecule has 0 atom stereocenters. The van der Waals surface area contributed by atoms with Crippen LogP contribution in [0.1, 0.15) is 11.3 Å². The molecule has 0 N–H and O–H groups in total. The first kappa shape index (κ1) is 13.6. The lowest BCUT2D eigenvalue weighted by Crippen LogP contribution is -1.98. The Kier molecular flexibility index (Phi) is 3.15. The summed E-state index contributed by atoms with van der Waals surface area (Å²) in [5.74, 6) is 1.32. The molecular formula is C19H16N4. The van der Waals surface area contributed by atoms with Gasteiger partial charge in [-0.15, -0.1) is 5.10 Å². The van der Waals surface area contributed by atoms with Crippen LogP contribution in [0.2, 0.25) is 0 Å². The highest BCUT2D eigenvalue weighted by atomic mass is 15.3. The molecule has 0 amide bonds. The Morgan fingerprint density at radius 3 is 2.26 bits per heavy atom. The largest absolute Gasteiger partial charge is 0.253 e. The molecule has 2 aromatic carbocycles. The maximum Gasteiger partial charge on any atom is 0.253 e. The monoisotopic (exact) mass is 300 g/mol. The van der Waals surface area contributed by atoms with Crippen molar-refractivity contribution >= 4 is 5.78 Å². The smallest absolute Gasteiger partial charge is 0.211 e. The lowest BCUT2D eigenvalue weighted by Gasteiger charge is -2.04. The van der Waals surface area contributed by atoms with Crippen LogP contribution in [0.3, 0.4) is 0 Å². The molecule has 0 spiro atoms. The molecule has 0 aliphatic carbocycles. The SMILES string of the molecule is Cc1ccc(-c2cc(C)n3nc(-c4ccccc4)nc3n2)cc1. The Bertz CT molecular complexity index is 970. The summed E-state index contributed by atoms with van der Waals surface area (Å²) in [6.07, 6.45) is 0. The van der Waals surface area contributed by atoms with E-state index in [4.69, 9.17) is 0 Å². The van der Waals surface area contributed by atoms with Crippen molar-refractivity contribution in [1.29, 1.82) is 0 Å². The van der Waals surface area contributed by atoms with E-state index >= 15 is 0 Å². The van der Waals surface area contributed by atoms with E-state index in [-0.39, 0.29) is 0 Å². The first-order chi connectivity index (χ1) is 11.2. The van der Waals surface area contributed by atoms with E-state index in [0.717, 1.165) is 22.5 Å². The average Bonchev–Trinajstić information content (AvgIpc) is 3.01. The van der Waals surface area contributed by atoms with Crippen LogP contribution in [0.15, 0.2) is 60.7 Å². The topological polar surface area (TPSA) is 43.1 Å². The van der Waals surface area contributed by atoms with Gasteiger partial charge in [-0.2, -0.15) is 4.98 Å². The molecule has 0 unspecified atom stereocenters. The first-order valence-corrected chi connectivity index (χ1v) is 7.57. The molecule has 4 nitrogen and oxygen atoms in total. The molecule has 0 fully saturated rings. The van der Waals surface area contributed by atoms with Crippen LogP contribution in [-0.2, 0) is 0 Å². The van der Waals surface area contributed by atoms with Gasteiger partial charge < -0.3 is 0 Å². The second kappa shape index (κ2) is 5.32. The maximum absolute atomic E-state index is 4.67. The summed E-state index contributed by atoms with van der Waals surface area (Å²) in [4.78, 5) is 9.26. The third-order valence-corrected chi connectivity index (χ3v) is 3.87. The van der Waals surface area contributed by atoms with Crippen molar-refractivity contribution in [3.8, 4) is 22.6 Å². The van der Waals surface area contributed by atoms with Gasteiger partial charge in [0.05, 0.1) is 5.69 Å². The van der Waals surface area contributed by atoms with Crippen molar-refractivity contribution < 1.29 is 0 Å². The molecule has 0 saturated carbocycles. The molecule has 4 aromatic rings. The third kappa shape index (κ3) is 2.48. The van der Waals surface area contributed by atoms with Gasteiger partial charge in [-0.05, 0) is 19.9 Å². The fourth-order valence-corrected chi connectivity index (χ4v) is 2.59. The van der Waals surface area contributed by atoms with Crippen molar-refractivity contribution in [3.63, 3.8) is 0 Å². The fraction of sp³-hybridized carbons (Fsp3) is 0.105. The summed E-state index contributed by atoms with van der Waals surface area (Å²) in [6.45, 7) is 4.10. The van der Waals surface area contributed by atoms with Gasteiger partial charge in [0.15, 0.2) is 5.82 Å². The van der Waals surface area contributed by atoms with Crippen LogP contribution in [0.4, 0.5) is 0 Å². The zero-order valence-corrected chi connectivity index (χ0v) is 13.1. The molecule has 2 aromatic heterocycles. The molecule has 23 heavy (non-hydrogen) atoms. The number of hydrogen-bond acceptors (Lipinski definition) is 3. The lowest BCUT2D eigenvalue weighted by molar-refractivity contribution is 0.899. The summed E-state index contributed by atoms with van der Waals surface area (Å²) < 4.78 is 1.79. The minimum atomic E-state index is 0.624. The minimum absolute atomic E-state index is 0.624. The zero-order valence-electron chi connectivity index (χ0n) is 13.1. The Morgan fingerprint density at radius 1 is 0.783 bits per heavy atom. The van der Waals surface area contributed by atoms with E-state index < -0.39 is 0 Å². The standard InChI is InChI=1S/C19H16N4/c1-13-8-10-15(11-9-13)17-12-14(2)23-19(20-17)21-18(22-23)16-6-4-3-5-7-16/h3-12H,1-2H3. The Hall–Kier alpha value is -3.01. The third-order valence-electron chi connectivity index (χ3n) is 3.87. The number of aryl methyl sites for hydroxylation is 2. The molecule has 2 heterocycles. The van der Waals surface area contributed by atoms with Crippen molar-refractivity contribution in [3.05, 3.63) is 71.9 Å². The van der Waals surface area contributed by atoms with Gasteiger partial charge in [0, 0.05) is 16.8 Å². The van der Waals surface area contributed by atoms with Crippen LogP contribution in [-0.4, -0.2) is 19.6 Å². The molecular weight excluding hydrogens is 284 g/mol. The van der Waals surface area contributed by atoms with Gasteiger partial charge in [0.1, 0.15) is 0 Å². The summed E-state index contributed by atoms with van der Waals surface area (Å²) >= 11 is 0. The highest BCUT2D eigenvalue weighted by Gasteiger charge is 2.11. The number of aromatic nitrogens is 4. The molecule has 0 radical (unpaired) electrons. The Balaban J connectivity index is 1.86. The average molecular weight is 300 g/mol. The van der Waals surface area contributed by atoms with Gasteiger partial charge in [-0.3, -0.25) is 0 Å². The van der Waals surface area contributed by atoms with Crippen molar-refractivity contribution in [1.82, 2.24) is 19.6 Å². The summed E-state index contributed by atoms with van der Waals surface area (Å²) in [6, 6.07) is 20.4. The van der Waals surface area contributed by atoms with E-state index in [2.05, 4.69) is 46.3 Å². The molecule has 0 saturated heterocycles. The predicted octanol–water partition coefficient (Wildman–Crippen LogP) is 4.08. The number of hydrogen-bond donors (Lipinski definition) is 0. The first-order valence-electron chi connectivity index (χ1n) is 7.57. The van der Waals surface area contributed by atoms with Gasteiger partial charge in [0.2, 0.25) is 0 Å². The normalized spacial score (nSPS) is 11.0. The summed E-state index contributed by atoms with van der Waals surface area (Å²) in [7, 11) is 0. The zero-order chi connectivity index (χ0) is 15.8. The predicted molar refractivity (Wildman–Crippen MR) is 91.1 cm³/mol. The lowest BCUT2D eigenvalue weighted by atomic mass is 10.1. The molecule has 0 bridgehead atoms. The van der Waals surface area contributed by atoms with Gasteiger partial charge in [-0.1, -0.05) is 60.2 Å². The van der Waals surface area contributed by atoms with Gasteiger partial charge in [0.25, 0.3) is 5.78 Å². The van der Waals surface area contributed by atoms with E-state index in [1.54, 1.807) is 4.52 Å². The number of fused-ring (bicyclic) bond motifs is 1. The number of rotatable bonds is 2. The highest BCUT2D eigenvalue weighted by molar-refractivity contribution is 5.63. The number of nitrogens with zero attached hydrogens (tertiary/aromatic N) is 4. The van der Waals surface area contributed by atoms with Crippen molar-refractivity contribution in [2.45, 2.75) is 13.8 Å². The quantitative estimate of drug-likeness (QED) is 0.560. The number of benzene rings is 2. The Morgan fingerprint density at radius 2 is 1.52 bits per heavy atom. The van der Waals surface area contributed by atoms with Crippen molar-refractivity contribution in [2.75, 3.05) is 0 Å². The minimum Gasteiger partial charge on any atom is -0.211 e. The fourth-order valence-electron chi connectivity index (χ4n) is 2.59. The van der Waals surface area contributed by atoms with Gasteiger partial charge in [-0.25, -0.2) is 9.50 Å². The van der Waals surface area contributed by atoms with Crippen LogP contribution < -0.4 is 0 Å². The van der Waals surface area contributed by atoms with Crippen LogP contribution >= 0.6 is 0 Å². The van der Waals surface area contributed by atoms with Crippen LogP contribution in [0.5, 0.6) is 0 Å². The molecule has 4 rings (SSSR count).